The molecule has 2 aromatic carbocycles. The fraction of sp³-hybridized carbons (Fsp3) is 0.118. The Morgan fingerprint density at radius 3 is 2.70 bits per heavy atom. The van der Waals surface area contributed by atoms with Crippen LogP contribution in [-0.2, 0) is 5.75 Å². The zero-order valence-electron chi connectivity index (χ0n) is 12.4. The first kappa shape index (κ1) is 14.4. The molecule has 2 aromatic heterocycles. The van der Waals surface area contributed by atoms with Crippen molar-refractivity contribution >= 4 is 33.3 Å². The van der Waals surface area contributed by atoms with Crippen LogP contribution in [0.5, 0.6) is 0 Å². The van der Waals surface area contributed by atoms with Crippen molar-refractivity contribution in [2.75, 3.05) is 0 Å². The van der Waals surface area contributed by atoms with Crippen LogP contribution >= 0.6 is 23.1 Å². The third kappa shape index (κ3) is 3.13. The zero-order chi connectivity index (χ0) is 15.6. The van der Waals surface area contributed by atoms with Gasteiger partial charge in [0.15, 0.2) is 0 Å². The standard InChI is InChI=1S/C17H13N3OS2/c1-11-6-8-12(9-7-11)16-19-20-17(21-16)22-10-15-18-13-4-2-3-5-14(13)23-15/h2-9H,10H2,1H3. The van der Waals surface area contributed by atoms with Gasteiger partial charge < -0.3 is 4.42 Å². The van der Waals surface area contributed by atoms with Crippen LogP contribution in [0.15, 0.2) is 58.2 Å². The number of rotatable bonds is 4. The van der Waals surface area contributed by atoms with Crippen LogP contribution in [0.2, 0.25) is 0 Å². The number of hydrogen-bond acceptors (Lipinski definition) is 6. The van der Waals surface area contributed by atoms with Crippen LogP contribution in [0, 0.1) is 6.92 Å². The van der Waals surface area contributed by atoms with Crippen molar-refractivity contribution in [3.05, 3.63) is 59.1 Å². The Balaban J connectivity index is 1.48. The van der Waals surface area contributed by atoms with Gasteiger partial charge in [0.2, 0.25) is 5.89 Å². The molecule has 4 nitrogen and oxygen atoms in total. The van der Waals surface area contributed by atoms with Crippen molar-refractivity contribution in [1.82, 2.24) is 15.2 Å². The van der Waals surface area contributed by atoms with Gasteiger partial charge in [0.05, 0.1) is 16.0 Å². The van der Waals surface area contributed by atoms with Gasteiger partial charge in [0.1, 0.15) is 5.01 Å². The predicted molar refractivity (Wildman–Crippen MR) is 93.7 cm³/mol. The lowest BCUT2D eigenvalue weighted by molar-refractivity contribution is 0.466. The number of aryl methyl sites for hydroxylation is 1. The molecule has 0 atom stereocenters. The lowest BCUT2D eigenvalue weighted by Gasteiger charge is -1.95. The van der Waals surface area contributed by atoms with Crippen LogP contribution in [0.3, 0.4) is 0 Å². The number of benzene rings is 2. The zero-order valence-corrected chi connectivity index (χ0v) is 14.0. The molecule has 2 heterocycles. The molecule has 0 aliphatic carbocycles. The van der Waals surface area contributed by atoms with E-state index in [9.17, 15) is 0 Å². The van der Waals surface area contributed by atoms with E-state index in [0.717, 1.165) is 21.8 Å². The van der Waals surface area contributed by atoms with Gasteiger partial charge in [-0.3, -0.25) is 0 Å². The second kappa shape index (κ2) is 6.14. The molecule has 23 heavy (non-hydrogen) atoms. The molecule has 0 saturated heterocycles. The average molecular weight is 339 g/mol. The smallest absolute Gasteiger partial charge is 0.277 e. The van der Waals surface area contributed by atoms with Gasteiger partial charge in [0, 0.05) is 5.56 Å². The highest BCUT2D eigenvalue weighted by Gasteiger charge is 2.10. The summed E-state index contributed by atoms with van der Waals surface area (Å²) in [6.45, 7) is 2.05. The summed E-state index contributed by atoms with van der Waals surface area (Å²) in [6.07, 6.45) is 0. The Morgan fingerprint density at radius 2 is 1.87 bits per heavy atom. The van der Waals surface area contributed by atoms with Gasteiger partial charge in [-0.2, -0.15) is 0 Å². The molecule has 0 aliphatic heterocycles. The predicted octanol–water partition coefficient (Wildman–Crippen LogP) is 4.95. The maximum absolute atomic E-state index is 5.72. The Kier molecular flexibility index (Phi) is 3.85. The van der Waals surface area contributed by atoms with Crippen LogP contribution < -0.4 is 0 Å². The number of nitrogens with zero attached hydrogens (tertiary/aromatic N) is 3. The van der Waals surface area contributed by atoms with E-state index in [1.54, 1.807) is 11.3 Å². The van der Waals surface area contributed by atoms with E-state index in [1.807, 2.05) is 42.5 Å². The van der Waals surface area contributed by atoms with Gasteiger partial charge in [-0.1, -0.05) is 41.6 Å². The van der Waals surface area contributed by atoms with E-state index in [0.29, 0.717) is 11.1 Å². The number of thioether (sulfide) groups is 1. The molecule has 0 aliphatic rings. The maximum Gasteiger partial charge on any atom is 0.277 e. The Morgan fingerprint density at radius 1 is 1.04 bits per heavy atom. The highest BCUT2D eigenvalue weighted by Crippen LogP contribution is 2.29. The van der Waals surface area contributed by atoms with Crippen molar-refractivity contribution in [1.29, 1.82) is 0 Å². The summed E-state index contributed by atoms with van der Waals surface area (Å²) < 4.78 is 6.93. The van der Waals surface area contributed by atoms with Gasteiger partial charge in [-0.05, 0) is 31.2 Å². The van der Waals surface area contributed by atoms with Crippen LogP contribution in [0.1, 0.15) is 10.6 Å². The minimum atomic E-state index is 0.553. The third-order valence-corrected chi connectivity index (χ3v) is 5.41. The fourth-order valence-corrected chi connectivity index (χ4v) is 3.91. The molecule has 0 saturated carbocycles. The van der Waals surface area contributed by atoms with Gasteiger partial charge in [-0.15, -0.1) is 21.5 Å². The van der Waals surface area contributed by atoms with Crippen molar-refractivity contribution in [2.45, 2.75) is 17.9 Å². The molecule has 0 bridgehead atoms. The number of fused-ring (bicyclic) bond motifs is 1. The molecule has 4 rings (SSSR count). The molecule has 6 heteroatoms. The Labute approximate surface area is 141 Å². The van der Waals surface area contributed by atoms with E-state index < -0.39 is 0 Å². The monoisotopic (exact) mass is 339 g/mol. The first-order valence-corrected chi connectivity index (χ1v) is 8.96. The fourth-order valence-electron chi connectivity index (χ4n) is 2.19. The maximum atomic E-state index is 5.72. The van der Waals surface area contributed by atoms with E-state index >= 15 is 0 Å². The Hall–Kier alpha value is -2.18. The number of para-hydroxylation sites is 1. The van der Waals surface area contributed by atoms with E-state index in [2.05, 4.69) is 28.2 Å². The molecule has 114 valence electrons. The quantitative estimate of drug-likeness (QED) is 0.493. The van der Waals surface area contributed by atoms with E-state index in [4.69, 9.17) is 4.42 Å². The largest absolute Gasteiger partial charge is 0.411 e. The molecule has 0 amide bonds. The highest BCUT2D eigenvalue weighted by atomic mass is 32.2. The molecular formula is C17H13N3OS2. The molecule has 4 aromatic rings. The van der Waals surface area contributed by atoms with E-state index in [-0.39, 0.29) is 0 Å². The van der Waals surface area contributed by atoms with Crippen molar-refractivity contribution in [3.8, 4) is 11.5 Å². The lowest BCUT2D eigenvalue weighted by atomic mass is 10.1. The topological polar surface area (TPSA) is 51.8 Å². The molecular weight excluding hydrogens is 326 g/mol. The minimum Gasteiger partial charge on any atom is -0.411 e. The highest BCUT2D eigenvalue weighted by molar-refractivity contribution is 7.98. The molecule has 0 unspecified atom stereocenters. The summed E-state index contributed by atoms with van der Waals surface area (Å²) in [5.74, 6) is 1.28. The van der Waals surface area contributed by atoms with Crippen LogP contribution in [-0.4, -0.2) is 15.2 Å². The summed E-state index contributed by atoms with van der Waals surface area (Å²) in [6, 6.07) is 16.2. The second-order valence-corrected chi connectivity index (χ2v) is 7.14. The number of thiazole rings is 1. The molecule has 0 radical (unpaired) electrons. The van der Waals surface area contributed by atoms with E-state index in [1.165, 1.54) is 22.0 Å². The molecule has 0 fully saturated rings. The summed E-state index contributed by atoms with van der Waals surface area (Å²) in [7, 11) is 0. The van der Waals surface area contributed by atoms with Gasteiger partial charge in [-0.25, -0.2) is 4.98 Å². The van der Waals surface area contributed by atoms with Crippen LogP contribution in [0.4, 0.5) is 0 Å². The van der Waals surface area contributed by atoms with Crippen LogP contribution in [0.25, 0.3) is 21.7 Å². The number of hydrogen-bond donors (Lipinski definition) is 0. The summed E-state index contributed by atoms with van der Waals surface area (Å²) in [5.41, 5.74) is 3.19. The third-order valence-electron chi connectivity index (χ3n) is 3.36. The minimum absolute atomic E-state index is 0.553. The first-order valence-electron chi connectivity index (χ1n) is 7.16. The normalized spacial score (nSPS) is 11.2. The van der Waals surface area contributed by atoms with Gasteiger partial charge in [0.25, 0.3) is 5.22 Å². The molecule has 0 N–H and O–H groups in total. The SMILES string of the molecule is Cc1ccc(-c2nnc(SCc3nc4ccccc4s3)o2)cc1. The van der Waals surface area contributed by atoms with Crippen molar-refractivity contribution in [3.63, 3.8) is 0 Å². The Bertz CT molecular complexity index is 911. The average Bonchev–Trinajstić information content (AvgIpc) is 3.20. The summed E-state index contributed by atoms with van der Waals surface area (Å²) in [5, 5.41) is 9.85. The van der Waals surface area contributed by atoms with Crippen molar-refractivity contribution < 1.29 is 4.42 Å². The van der Waals surface area contributed by atoms with Crippen molar-refractivity contribution in [2.24, 2.45) is 0 Å². The number of aromatic nitrogens is 3. The first-order chi connectivity index (χ1) is 11.3. The van der Waals surface area contributed by atoms with Gasteiger partial charge >= 0.3 is 0 Å². The summed E-state index contributed by atoms with van der Waals surface area (Å²) >= 11 is 3.21. The molecule has 0 spiro atoms. The second-order valence-electron chi connectivity index (χ2n) is 5.10. The summed E-state index contributed by atoms with van der Waals surface area (Å²) in [4.78, 5) is 4.61. The lowest BCUT2D eigenvalue weighted by Crippen LogP contribution is -1.78.